The van der Waals surface area contributed by atoms with E-state index in [0.29, 0.717) is 18.3 Å². The molecule has 1 N–H and O–H groups in total. The molecule has 2 heterocycles. The van der Waals surface area contributed by atoms with Crippen LogP contribution in [0.15, 0.2) is 29.2 Å². The van der Waals surface area contributed by atoms with Crippen molar-refractivity contribution in [2.75, 3.05) is 45.9 Å². The second-order valence-electron chi connectivity index (χ2n) is 8.59. The Morgan fingerprint density at radius 3 is 2.29 bits per heavy atom. The molecule has 3 rings (SSSR count). The molecular weight excluding hydrogens is 414 g/mol. The average Bonchev–Trinajstić information content (AvgIpc) is 3.03. The van der Waals surface area contributed by atoms with E-state index >= 15 is 0 Å². The molecule has 0 atom stereocenters. The number of rotatable bonds is 9. The van der Waals surface area contributed by atoms with Crippen molar-refractivity contribution in [3.8, 4) is 5.75 Å². The van der Waals surface area contributed by atoms with Gasteiger partial charge in [0.25, 0.3) is 0 Å². The molecule has 0 aliphatic carbocycles. The standard InChI is InChI=1S/C23H37N3O4S/c1-2-30-21-7-9-22(10-8-21)31(28,29)24-14-11-23(27)26-17-12-20(13-18-26)19-25-15-5-3-4-6-16-25/h7-10,20,24H,2-6,11-19H2,1H3. The minimum atomic E-state index is -3.63. The van der Waals surface area contributed by atoms with Gasteiger partial charge in [-0.2, -0.15) is 0 Å². The van der Waals surface area contributed by atoms with Crippen LogP contribution >= 0.6 is 0 Å². The Morgan fingerprint density at radius 2 is 1.68 bits per heavy atom. The van der Waals surface area contributed by atoms with Crippen LogP contribution in [0, 0.1) is 5.92 Å². The van der Waals surface area contributed by atoms with Gasteiger partial charge in [-0.3, -0.25) is 4.79 Å². The molecule has 7 nitrogen and oxygen atoms in total. The Morgan fingerprint density at radius 1 is 1.03 bits per heavy atom. The molecule has 2 saturated heterocycles. The fraction of sp³-hybridized carbons (Fsp3) is 0.696. The summed E-state index contributed by atoms with van der Waals surface area (Å²) in [6.07, 6.45) is 7.60. The third-order valence-electron chi connectivity index (χ3n) is 6.26. The number of hydrogen-bond donors (Lipinski definition) is 1. The zero-order valence-corrected chi connectivity index (χ0v) is 19.5. The van der Waals surface area contributed by atoms with E-state index in [4.69, 9.17) is 4.74 Å². The van der Waals surface area contributed by atoms with E-state index in [1.807, 2.05) is 11.8 Å². The van der Waals surface area contributed by atoms with E-state index in [1.54, 1.807) is 12.1 Å². The topological polar surface area (TPSA) is 78.9 Å². The number of carbonyl (C=O) groups is 1. The fourth-order valence-electron chi connectivity index (χ4n) is 4.46. The minimum Gasteiger partial charge on any atom is -0.494 e. The van der Waals surface area contributed by atoms with Gasteiger partial charge in [-0.25, -0.2) is 13.1 Å². The van der Waals surface area contributed by atoms with E-state index in [9.17, 15) is 13.2 Å². The van der Waals surface area contributed by atoms with Crippen molar-refractivity contribution in [3.63, 3.8) is 0 Å². The second kappa shape index (κ2) is 11.8. The Balaban J connectivity index is 1.38. The first-order valence-corrected chi connectivity index (χ1v) is 13.2. The van der Waals surface area contributed by atoms with E-state index in [0.717, 1.165) is 32.5 Å². The molecule has 0 bridgehead atoms. The number of sulfonamides is 1. The highest BCUT2D eigenvalue weighted by Crippen LogP contribution is 2.21. The molecule has 1 aromatic rings. The van der Waals surface area contributed by atoms with Crippen LogP contribution < -0.4 is 9.46 Å². The van der Waals surface area contributed by atoms with Crippen molar-refractivity contribution in [1.29, 1.82) is 0 Å². The summed E-state index contributed by atoms with van der Waals surface area (Å²) in [7, 11) is -3.63. The molecule has 0 saturated carbocycles. The number of benzene rings is 1. The Bertz CT molecular complexity index is 782. The zero-order chi connectivity index (χ0) is 22.1. The lowest BCUT2D eigenvalue weighted by molar-refractivity contribution is -0.132. The van der Waals surface area contributed by atoms with Gasteiger partial charge in [0.1, 0.15) is 5.75 Å². The van der Waals surface area contributed by atoms with Crippen molar-refractivity contribution in [3.05, 3.63) is 24.3 Å². The van der Waals surface area contributed by atoms with Crippen LogP contribution in [0.1, 0.15) is 51.9 Å². The predicted molar refractivity (Wildman–Crippen MR) is 122 cm³/mol. The van der Waals surface area contributed by atoms with Gasteiger partial charge < -0.3 is 14.5 Å². The van der Waals surface area contributed by atoms with Gasteiger partial charge in [0, 0.05) is 32.6 Å². The van der Waals surface area contributed by atoms with Crippen LogP contribution in [-0.2, 0) is 14.8 Å². The number of likely N-dealkylation sites (tertiary alicyclic amines) is 2. The van der Waals surface area contributed by atoms with Gasteiger partial charge in [0.05, 0.1) is 11.5 Å². The van der Waals surface area contributed by atoms with Crippen molar-refractivity contribution >= 4 is 15.9 Å². The zero-order valence-electron chi connectivity index (χ0n) is 18.7. The summed E-state index contributed by atoms with van der Waals surface area (Å²) in [5.41, 5.74) is 0. The SMILES string of the molecule is CCOc1ccc(S(=O)(=O)NCCC(=O)N2CCC(CN3CCCCCC3)CC2)cc1. The Labute approximate surface area is 187 Å². The largest absolute Gasteiger partial charge is 0.494 e. The quantitative estimate of drug-likeness (QED) is 0.625. The summed E-state index contributed by atoms with van der Waals surface area (Å²) in [4.78, 5) is 17.2. The predicted octanol–water partition coefficient (Wildman–Crippen LogP) is 2.87. The Kier molecular flexibility index (Phi) is 9.16. The number of nitrogens with zero attached hydrogens (tertiary/aromatic N) is 2. The van der Waals surface area contributed by atoms with Crippen molar-refractivity contribution in [1.82, 2.24) is 14.5 Å². The van der Waals surface area contributed by atoms with Crippen LogP contribution in [0.2, 0.25) is 0 Å². The lowest BCUT2D eigenvalue weighted by Crippen LogP contribution is -2.42. The summed E-state index contributed by atoms with van der Waals surface area (Å²) in [6, 6.07) is 6.31. The van der Waals surface area contributed by atoms with Crippen LogP contribution in [-0.4, -0.2) is 70.0 Å². The number of nitrogens with one attached hydrogen (secondary N) is 1. The molecule has 2 aliphatic rings. The molecule has 0 spiro atoms. The molecule has 0 radical (unpaired) electrons. The number of piperidine rings is 1. The summed E-state index contributed by atoms with van der Waals surface area (Å²) < 4.78 is 32.8. The maximum absolute atomic E-state index is 12.5. The smallest absolute Gasteiger partial charge is 0.240 e. The first-order valence-electron chi connectivity index (χ1n) is 11.7. The van der Waals surface area contributed by atoms with Crippen LogP contribution in [0.5, 0.6) is 5.75 Å². The van der Waals surface area contributed by atoms with Gasteiger partial charge in [-0.15, -0.1) is 0 Å². The van der Waals surface area contributed by atoms with Gasteiger partial charge in [0.2, 0.25) is 15.9 Å². The van der Waals surface area contributed by atoms with Crippen molar-refractivity contribution < 1.29 is 17.9 Å². The van der Waals surface area contributed by atoms with Crippen LogP contribution in [0.3, 0.4) is 0 Å². The van der Waals surface area contributed by atoms with Gasteiger partial charge in [0.15, 0.2) is 0 Å². The minimum absolute atomic E-state index is 0.0302. The Hall–Kier alpha value is -1.64. The molecule has 0 unspecified atom stereocenters. The van der Waals surface area contributed by atoms with Crippen LogP contribution in [0.25, 0.3) is 0 Å². The molecular formula is C23H37N3O4S. The third kappa shape index (κ3) is 7.47. The normalized spacial score (nSPS) is 19.2. The lowest BCUT2D eigenvalue weighted by Gasteiger charge is -2.34. The maximum Gasteiger partial charge on any atom is 0.240 e. The number of hydrogen-bond acceptors (Lipinski definition) is 5. The first kappa shape index (κ1) is 24.0. The number of carbonyl (C=O) groups excluding carboxylic acids is 1. The van der Waals surface area contributed by atoms with Crippen molar-refractivity contribution in [2.24, 2.45) is 5.92 Å². The van der Waals surface area contributed by atoms with Gasteiger partial charge >= 0.3 is 0 Å². The molecule has 0 aromatic heterocycles. The molecule has 2 aliphatic heterocycles. The highest BCUT2D eigenvalue weighted by molar-refractivity contribution is 7.89. The highest BCUT2D eigenvalue weighted by atomic mass is 32.2. The average molecular weight is 452 g/mol. The first-order chi connectivity index (χ1) is 15.0. The van der Waals surface area contributed by atoms with Crippen molar-refractivity contribution in [2.45, 2.75) is 56.8 Å². The van der Waals surface area contributed by atoms with E-state index in [2.05, 4.69) is 9.62 Å². The van der Waals surface area contributed by atoms with E-state index < -0.39 is 10.0 Å². The molecule has 31 heavy (non-hydrogen) atoms. The second-order valence-corrected chi connectivity index (χ2v) is 10.4. The molecule has 1 aromatic carbocycles. The third-order valence-corrected chi connectivity index (χ3v) is 7.74. The van der Waals surface area contributed by atoms with E-state index in [1.165, 1.54) is 50.9 Å². The highest BCUT2D eigenvalue weighted by Gasteiger charge is 2.25. The van der Waals surface area contributed by atoms with E-state index in [-0.39, 0.29) is 23.8 Å². The number of amides is 1. The number of ether oxygens (including phenoxy) is 1. The lowest BCUT2D eigenvalue weighted by atomic mass is 9.96. The summed E-state index contributed by atoms with van der Waals surface area (Å²) in [5.74, 6) is 1.33. The van der Waals surface area contributed by atoms with Gasteiger partial charge in [-0.05, 0) is 75.9 Å². The molecule has 2 fully saturated rings. The van der Waals surface area contributed by atoms with Gasteiger partial charge in [-0.1, -0.05) is 12.8 Å². The monoisotopic (exact) mass is 451 g/mol. The summed E-state index contributed by atoms with van der Waals surface area (Å²) in [6.45, 7) is 7.67. The fourth-order valence-corrected chi connectivity index (χ4v) is 5.50. The molecule has 1 amide bonds. The maximum atomic E-state index is 12.5. The molecule has 174 valence electrons. The molecule has 8 heteroatoms. The van der Waals surface area contributed by atoms with Crippen LogP contribution in [0.4, 0.5) is 0 Å². The summed E-state index contributed by atoms with van der Waals surface area (Å²) in [5, 5.41) is 0. The summed E-state index contributed by atoms with van der Waals surface area (Å²) >= 11 is 0.